The fourth-order valence-corrected chi connectivity index (χ4v) is 1.97. The number of hydrogen-bond donors (Lipinski definition) is 1. The first-order valence-corrected chi connectivity index (χ1v) is 6.55. The van der Waals surface area contributed by atoms with Crippen molar-refractivity contribution in [1.82, 2.24) is 9.97 Å². The largest absolute Gasteiger partial charge is 0.494 e. The van der Waals surface area contributed by atoms with Crippen molar-refractivity contribution in [2.45, 2.75) is 27.2 Å². The van der Waals surface area contributed by atoms with Crippen LogP contribution in [0.1, 0.15) is 25.1 Å². The van der Waals surface area contributed by atoms with E-state index in [9.17, 15) is 0 Å². The van der Waals surface area contributed by atoms with E-state index >= 15 is 0 Å². The van der Waals surface area contributed by atoms with Crippen LogP contribution in [0.25, 0.3) is 0 Å². The van der Waals surface area contributed by atoms with Crippen molar-refractivity contribution in [2.75, 3.05) is 11.9 Å². The van der Waals surface area contributed by atoms with E-state index in [1.165, 1.54) is 0 Å². The minimum Gasteiger partial charge on any atom is -0.494 e. The van der Waals surface area contributed by atoms with Crippen LogP contribution in [0.5, 0.6) is 5.75 Å². The number of aryl methyl sites for hydroxylation is 1. The molecular weight excluding hydrogens is 238 g/mol. The molecule has 100 valence electrons. The Bertz CT molecular complexity index is 538. The lowest BCUT2D eigenvalue weighted by Crippen LogP contribution is -2.02. The first kappa shape index (κ1) is 13.3. The number of ether oxygens (including phenoxy) is 1. The second kappa shape index (κ2) is 6.18. The zero-order chi connectivity index (χ0) is 13.7. The minimum absolute atomic E-state index is 0.678. The third kappa shape index (κ3) is 3.22. The average Bonchev–Trinajstić information content (AvgIpc) is 2.42. The number of hydrogen-bond acceptors (Lipinski definition) is 4. The van der Waals surface area contributed by atoms with E-state index in [2.05, 4.69) is 22.2 Å². The van der Waals surface area contributed by atoms with Gasteiger partial charge in [-0.05, 0) is 44.5 Å². The van der Waals surface area contributed by atoms with Crippen molar-refractivity contribution in [3.63, 3.8) is 0 Å². The van der Waals surface area contributed by atoms with Gasteiger partial charge in [-0.1, -0.05) is 6.92 Å². The monoisotopic (exact) mass is 257 g/mol. The Morgan fingerprint density at radius 1 is 1.11 bits per heavy atom. The van der Waals surface area contributed by atoms with Gasteiger partial charge >= 0.3 is 0 Å². The molecule has 2 aromatic rings. The highest BCUT2D eigenvalue weighted by molar-refractivity contribution is 5.60. The smallest absolute Gasteiger partial charge is 0.137 e. The molecule has 0 radical (unpaired) electrons. The Hall–Kier alpha value is -2.10. The Balaban J connectivity index is 2.19. The number of nitrogens with one attached hydrogen (secondary N) is 1. The number of nitrogens with zero attached hydrogens (tertiary/aromatic N) is 2. The molecule has 0 spiro atoms. The number of rotatable bonds is 5. The summed E-state index contributed by atoms with van der Waals surface area (Å²) >= 11 is 0. The number of aromatic nitrogens is 2. The van der Waals surface area contributed by atoms with Crippen LogP contribution in [-0.2, 0) is 6.42 Å². The molecule has 1 aromatic carbocycles. The van der Waals surface area contributed by atoms with Crippen molar-refractivity contribution in [1.29, 1.82) is 0 Å². The van der Waals surface area contributed by atoms with Crippen LogP contribution >= 0.6 is 0 Å². The standard InChI is InChI=1S/C15H19N3O/c1-4-14-11(3)16-10-17-15(14)18-12-6-8-13(9-7-12)19-5-2/h6-10H,4-5H2,1-3H3,(H,16,17,18). The van der Waals surface area contributed by atoms with E-state index in [-0.39, 0.29) is 0 Å². The fourth-order valence-electron chi connectivity index (χ4n) is 1.97. The van der Waals surface area contributed by atoms with Crippen LogP contribution in [0.15, 0.2) is 30.6 Å². The van der Waals surface area contributed by atoms with Gasteiger partial charge in [-0.2, -0.15) is 0 Å². The summed E-state index contributed by atoms with van der Waals surface area (Å²) in [6, 6.07) is 7.88. The zero-order valence-corrected chi connectivity index (χ0v) is 11.6. The predicted molar refractivity (Wildman–Crippen MR) is 77.0 cm³/mol. The van der Waals surface area contributed by atoms with Crippen molar-refractivity contribution < 1.29 is 4.74 Å². The highest BCUT2D eigenvalue weighted by Gasteiger charge is 2.06. The summed E-state index contributed by atoms with van der Waals surface area (Å²) in [5.41, 5.74) is 3.17. The van der Waals surface area contributed by atoms with Gasteiger partial charge in [-0.3, -0.25) is 0 Å². The summed E-state index contributed by atoms with van der Waals surface area (Å²) in [5, 5.41) is 3.33. The van der Waals surface area contributed by atoms with Crippen LogP contribution in [0.2, 0.25) is 0 Å². The molecule has 2 rings (SSSR count). The molecule has 0 amide bonds. The molecule has 4 heteroatoms. The van der Waals surface area contributed by atoms with Crippen LogP contribution in [-0.4, -0.2) is 16.6 Å². The first-order chi connectivity index (χ1) is 9.24. The fraction of sp³-hybridized carbons (Fsp3) is 0.333. The van der Waals surface area contributed by atoms with Gasteiger partial charge in [0.25, 0.3) is 0 Å². The van der Waals surface area contributed by atoms with Gasteiger partial charge in [0.2, 0.25) is 0 Å². The SMILES string of the molecule is CCOc1ccc(Nc2ncnc(C)c2CC)cc1. The molecule has 1 N–H and O–H groups in total. The third-order valence-corrected chi connectivity index (χ3v) is 2.94. The van der Waals surface area contributed by atoms with Gasteiger partial charge in [0.15, 0.2) is 0 Å². The maximum Gasteiger partial charge on any atom is 0.137 e. The van der Waals surface area contributed by atoms with Crippen molar-refractivity contribution in [3.8, 4) is 5.75 Å². The molecule has 0 unspecified atom stereocenters. The first-order valence-electron chi connectivity index (χ1n) is 6.55. The van der Waals surface area contributed by atoms with Crippen LogP contribution in [0.4, 0.5) is 11.5 Å². The molecule has 19 heavy (non-hydrogen) atoms. The molecule has 0 fully saturated rings. The summed E-state index contributed by atoms with van der Waals surface area (Å²) < 4.78 is 5.42. The maximum absolute atomic E-state index is 5.42. The van der Waals surface area contributed by atoms with E-state index in [1.807, 2.05) is 38.1 Å². The van der Waals surface area contributed by atoms with Crippen molar-refractivity contribution in [2.24, 2.45) is 0 Å². The normalized spacial score (nSPS) is 10.3. The molecule has 0 aliphatic rings. The summed E-state index contributed by atoms with van der Waals surface area (Å²) in [6.07, 6.45) is 2.50. The van der Waals surface area contributed by atoms with Gasteiger partial charge in [0.1, 0.15) is 17.9 Å². The lowest BCUT2D eigenvalue weighted by molar-refractivity contribution is 0.340. The highest BCUT2D eigenvalue weighted by atomic mass is 16.5. The molecule has 0 bridgehead atoms. The molecular formula is C15H19N3O. The summed E-state index contributed by atoms with van der Waals surface area (Å²) in [5.74, 6) is 1.75. The summed E-state index contributed by atoms with van der Waals surface area (Å²) in [4.78, 5) is 8.53. The molecule has 0 saturated carbocycles. The summed E-state index contributed by atoms with van der Waals surface area (Å²) in [7, 11) is 0. The Kier molecular flexibility index (Phi) is 4.34. The van der Waals surface area contributed by atoms with Crippen LogP contribution in [0, 0.1) is 6.92 Å². The maximum atomic E-state index is 5.42. The van der Waals surface area contributed by atoms with Crippen LogP contribution in [0.3, 0.4) is 0 Å². The van der Waals surface area contributed by atoms with E-state index in [1.54, 1.807) is 6.33 Å². The van der Waals surface area contributed by atoms with Crippen LogP contribution < -0.4 is 10.1 Å². The third-order valence-electron chi connectivity index (χ3n) is 2.94. The van der Waals surface area contributed by atoms with Gasteiger partial charge in [-0.25, -0.2) is 9.97 Å². The predicted octanol–water partition coefficient (Wildman–Crippen LogP) is 3.49. The average molecular weight is 257 g/mol. The zero-order valence-electron chi connectivity index (χ0n) is 11.6. The summed E-state index contributed by atoms with van der Waals surface area (Å²) in [6.45, 7) is 6.76. The Labute approximate surface area is 113 Å². The number of benzene rings is 1. The topological polar surface area (TPSA) is 47.0 Å². The quantitative estimate of drug-likeness (QED) is 0.890. The molecule has 4 nitrogen and oxygen atoms in total. The highest BCUT2D eigenvalue weighted by Crippen LogP contribution is 2.22. The van der Waals surface area contributed by atoms with Gasteiger partial charge < -0.3 is 10.1 Å². The van der Waals surface area contributed by atoms with E-state index in [0.717, 1.165) is 34.9 Å². The lowest BCUT2D eigenvalue weighted by Gasteiger charge is -2.11. The van der Waals surface area contributed by atoms with Gasteiger partial charge in [0, 0.05) is 16.9 Å². The molecule has 0 aliphatic carbocycles. The lowest BCUT2D eigenvalue weighted by atomic mass is 10.1. The van der Waals surface area contributed by atoms with Crippen molar-refractivity contribution >= 4 is 11.5 Å². The number of anilines is 2. The van der Waals surface area contributed by atoms with Gasteiger partial charge in [-0.15, -0.1) is 0 Å². The molecule has 0 atom stereocenters. The van der Waals surface area contributed by atoms with E-state index in [0.29, 0.717) is 6.61 Å². The van der Waals surface area contributed by atoms with E-state index < -0.39 is 0 Å². The molecule has 1 aromatic heterocycles. The molecule has 0 aliphatic heterocycles. The molecule has 1 heterocycles. The second-order valence-corrected chi connectivity index (χ2v) is 4.22. The van der Waals surface area contributed by atoms with Crippen molar-refractivity contribution in [3.05, 3.63) is 41.9 Å². The van der Waals surface area contributed by atoms with E-state index in [4.69, 9.17) is 4.74 Å². The Morgan fingerprint density at radius 3 is 2.47 bits per heavy atom. The minimum atomic E-state index is 0.678. The second-order valence-electron chi connectivity index (χ2n) is 4.22. The molecule has 0 saturated heterocycles. The van der Waals surface area contributed by atoms with Gasteiger partial charge in [0.05, 0.1) is 6.61 Å². The Morgan fingerprint density at radius 2 is 1.84 bits per heavy atom.